The molecule has 1 heterocycles. The Hall–Kier alpha value is -0.690. The van der Waals surface area contributed by atoms with Gasteiger partial charge in [-0.3, -0.25) is 14.6 Å². The molecule has 1 atom stereocenters. The lowest BCUT2D eigenvalue weighted by atomic mass is 10.2. The maximum absolute atomic E-state index is 12.1. The molecular formula is C17H35N3O3. The number of aliphatic hydroxyl groups excluding tert-OH is 1. The van der Waals surface area contributed by atoms with Crippen molar-refractivity contribution >= 4 is 5.91 Å². The highest BCUT2D eigenvalue weighted by Crippen LogP contribution is 2.07. The Morgan fingerprint density at radius 3 is 2.87 bits per heavy atom. The van der Waals surface area contributed by atoms with Crippen LogP contribution in [0.15, 0.2) is 0 Å². The molecule has 0 bridgehead atoms. The third kappa shape index (κ3) is 9.25. The van der Waals surface area contributed by atoms with Gasteiger partial charge in [-0.1, -0.05) is 27.2 Å². The summed E-state index contributed by atoms with van der Waals surface area (Å²) in [5, 5.41) is 12.1. The number of amides is 1. The number of morpholine rings is 1. The van der Waals surface area contributed by atoms with Gasteiger partial charge >= 0.3 is 0 Å². The van der Waals surface area contributed by atoms with Gasteiger partial charge in [-0.25, -0.2) is 0 Å². The minimum atomic E-state index is 0.0131. The van der Waals surface area contributed by atoms with E-state index in [2.05, 4.69) is 31.0 Å². The van der Waals surface area contributed by atoms with E-state index in [4.69, 9.17) is 9.84 Å². The summed E-state index contributed by atoms with van der Waals surface area (Å²) in [5.74, 6) is 0.660. The molecule has 0 aliphatic carbocycles. The number of nitrogens with one attached hydrogen (secondary N) is 1. The van der Waals surface area contributed by atoms with Crippen LogP contribution in [0.5, 0.6) is 0 Å². The predicted molar refractivity (Wildman–Crippen MR) is 92.5 cm³/mol. The van der Waals surface area contributed by atoms with Gasteiger partial charge in [0.05, 0.1) is 25.9 Å². The SMILES string of the molecule is CCCCN(CCO)CC(=O)NCC1CN(CC(C)C)CCO1. The lowest BCUT2D eigenvalue weighted by Gasteiger charge is -2.34. The van der Waals surface area contributed by atoms with E-state index >= 15 is 0 Å². The van der Waals surface area contributed by atoms with Gasteiger partial charge in [-0.15, -0.1) is 0 Å². The normalized spacial score (nSPS) is 19.5. The summed E-state index contributed by atoms with van der Waals surface area (Å²) in [5.41, 5.74) is 0. The number of hydrogen-bond donors (Lipinski definition) is 2. The van der Waals surface area contributed by atoms with E-state index in [1.807, 2.05) is 4.90 Å². The summed E-state index contributed by atoms with van der Waals surface area (Å²) >= 11 is 0. The van der Waals surface area contributed by atoms with Crippen LogP contribution in [0.25, 0.3) is 0 Å². The molecule has 0 aromatic rings. The van der Waals surface area contributed by atoms with Crippen LogP contribution < -0.4 is 5.32 Å². The molecule has 1 aliphatic rings. The van der Waals surface area contributed by atoms with Crippen molar-refractivity contribution in [2.45, 2.75) is 39.7 Å². The fraction of sp³-hybridized carbons (Fsp3) is 0.941. The Bertz CT molecular complexity index is 326. The van der Waals surface area contributed by atoms with Gasteiger partial charge in [0.2, 0.25) is 5.91 Å². The molecule has 0 aromatic heterocycles. The third-order valence-corrected chi connectivity index (χ3v) is 3.98. The molecule has 6 heteroatoms. The molecule has 0 radical (unpaired) electrons. The van der Waals surface area contributed by atoms with E-state index in [9.17, 15) is 4.79 Å². The van der Waals surface area contributed by atoms with Crippen LogP contribution in [0.3, 0.4) is 0 Å². The first-order chi connectivity index (χ1) is 11.0. The summed E-state index contributed by atoms with van der Waals surface area (Å²) in [7, 11) is 0. The van der Waals surface area contributed by atoms with Gasteiger partial charge < -0.3 is 15.2 Å². The number of carbonyl (C=O) groups is 1. The number of aliphatic hydroxyl groups is 1. The van der Waals surface area contributed by atoms with Crippen molar-refractivity contribution in [2.24, 2.45) is 5.92 Å². The molecule has 23 heavy (non-hydrogen) atoms. The molecule has 2 N–H and O–H groups in total. The Morgan fingerprint density at radius 2 is 2.22 bits per heavy atom. The second-order valence-electron chi connectivity index (χ2n) is 6.80. The number of ether oxygens (including phenoxy) is 1. The van der Waals surface area contributed by atoms with Crippen molar-refractivity contribution in [1.29, 1.82) is 0 Å². The molecule has 1 aliphatic heterocycles. The van der Waals surface area contributed by atoms with Crippen LogP contribution in [-0.2, 0) is 9.53 Å². The largest absolute Gasteiger partial charge is 0.395 e. The molecule has 0 saturated carbocycles. The maximum Gasteiger partial charge on any atom is 0.234 e. The fourth-order valence-corrected chi connectivity index (χ4v) is 2.87. The van der Waals surface area contributed by atoms with Crippen molar-refractivity contribution < 1.29 is 14.6 Å². The highest BCUT2D eigenvalue weighted by molar-refractivity contribution is 5.78. The first-order valence-corrected chi connectivity index (χ1v) is 8.99. The summed E-state index contributed by atoms with van der Waals surface area (Å²) in [4.78, 5) is 16.5. The van der Waals surface area contributed by atoms with E-state index in [0.717, 1.165) is 45.6 Å². The molecule has 0 spiro atoms. The van der Waals surface area contributed by atoms with Gasteiger partial charge in [0.25, 0.3) is 0 Å². The zero-order chi connectivity index (χ0) is 17.1. The van der Waals surface area contributed by atoms with E-state index in [1.54, 1.807) is 0 Å². The van der Waals surface area contributed by atoms with Crippen LogP contribution >= 0.6 is 0 Å². The van der Waals surface area contributed by atoms with Crippen molar-refractivity contribution in [3.63, 3.8) is 0 Å². The quantitative estimate of drug-likeness (QED) is 0.580. The molecule has 0 aromatic carbocycles. The number of hydrogen-bond acceptors (Lipinski definition) is 5. The van der Waals surface area contributed by atoms with Gasteiger partial charge in [0.15, 0.2) is 0 Å². The van der Waals surface area contributed by atoms with Crippen LogP contribution in [-0.4, -0.2) is 85.9 Å². The minimum Gasteiger partial charge on any atom is -0.395 e. The molecule has 1 amide bonds. The lowest BCUT2D eigenvalue weighted by Crippen LogP contribution is -2.49. The molecule has 6 nitrogen and oxygen atoms in total. The maximum atomic E-state index is 12.1. The average Bonchev–Trinajstić information content (AvgIpc) is 2.50. The monoisotopic (exact) mass is 329 g/mol. The zero-order valence-electron chi connectivity index (χ0n) is 15.1. The highest BCUT2D eigenvalue weighted by Gasteiger charge is 2.21. The van der Waals surface area contributed by atoms with E-state index in [1.165, 1.54) is 0 Å². The van der Waals surface area contributed by atoms with Crippen LogP contribution in [0.4, 0.5) is 0 Å². The van der Waals surface area contributed by atoms with Gasteiger partial charge in [0.1, 0.15) is 0 Å². The van der Waals surface area contributed by atoms with Crippen LogP contribution in [0, 0.1) is 5.92 Å². The number of unbranched alkanes of at least 4 members (excludes halogenated alkanes) is 1. The number of nitrogens with zero attached hydrogens (tertiary/aromatic N) is 2. The highest BCUT2D eigenvalue weighted by atomic mass is 16.5. The standard InChI is InChI=1S/C17H35N3O3/c1-4-5-6-19(7-9-21)14-17(22)18-11-16-13-20(8-10-23-16)12-15(2)3/h15-16,21H,4-14H2,1-3H3,(H,18,22). The first kappa shape index (κ1) is 20.4. The Labute approximate surface area is 141 Å². The summed E-state index contributed by atoms with van der Waals surface area (Å²) in [6.07, 6.45) is 2.21. The molecule has 136 valence electrons. The van der Waals surface area contributed by atoms with Crippen molar-refractivity contribution in [3.05, 3.63) is 0 Å². The first-order valence-electron chi connectivity index (χ1n) is 8.99. The second-order valence-corrected chi connectivity index (χ2v) is 6.80. The van der Waals surface area contributed by atoms with Crippen molar-refractivity contribution in [1.82, 2.24) is 15.1 Å². The van der Waals surface area contributed by atoms with Gasteiger partial charge in [0, 0.05) is 32.7 Å². The minimum absolute atomic E-state index is 0.0131. The topological polar surface area (TPSA) is 65.0 Å². The fourth-order valence-electron chi connectivity index (χ4n) is 2.87. The Balaban J connectivity index is 2.28. The van der Waals surface area contributed by atoms with Crippen LogP contribution in [0.1, 0.15) is 33.6 Å². The van der Waals surface area contributed by atoms with Crippen molar-refractivity contribution in [2.75, 3.05) is 59.0 Å². The second kappa shape index (κ2) is 11.8. The van der Waals surface area contributed by atoms with Gasteiger partial charge in [-0.05, 0) is 18.9 Å². The number of rotatable bonds is 11. The summed E-state index contributed by atoms with van der Waals surface area (Å²) < 4.78 is 5.75. The zero-order valence-corrected chi connectivity index (χ0v) is 15.1. The Kier molecular flexibility index (Phi) is 10.4. The average molecular weight is 329 g/mol. The molecule has 1 fully saturated rings. The van der Waals surface area contributed by atoms with Crippen molar-refractivity contribution in [3.8, 4) is 0 Å². The smallest absolute Gasteiger partial charge is 0.234 e. The van der Waals surface area contributed by atoms with Crippen LogP contribution in [0.2, 0.25) is 0 Å². The molecular weight excluding hydrogens is 294 g/mol. The third-order valence-electron chi connectivity index (χ3n) is 3.98. The van der Waals surface area contributed by atoms with E-state index < -0.39 is 0 Å². The van der Waals surface area contributed by atoms with Gasteiger partial charge in [-0.2, -0.15) is 0 Å². The molecule has 1 saturated heterocycles. The molecule has 1 unspecified atom stereocenters. The number of carbonyl (C=O) groups excluding carboxylic acids is 1. The summed E-state index contributed by atoms with van der Waals surface area (Å²) in [6.45, 7) is 12.7. The van der Waals surface area contributed by atoms with E-state index in [0.29, 0.717) is 25.6 Å². The molecule has 1 rings (SSSR count). The van der Waals surface area contributed by atoms with E-state index in [-0.39, 0.29) is 18.6 Å². The lowest BCUT2D eigenvalue weighted by molar-refractivity contribution is -0.123. The summed E-state index contributed by atoms with van der Waals surface area (Å²) in [6, 6.07) is 0. The predicted octanol–water partition coefficient (Wildman–Crippen LogP) is 0.554. The Morgan fingerprint density at radius 1 is 1.43 bits per heavy atom.